The van der Waals surface area contributed by atoms with Crippen LogP contribution in [-0.4, -0.2) is 11.9 Å². The monoisotopic (exact) mass is 417 g/mol. The van der Waals surface area contributed by atoms with Gasteiger partial charge in [-0.2, -0.15) is 0 Å². The lowest BCUT2D eigenvalue weighted by Gasteiger charge is -2.16. The van der Waals surface area contributed by atoms with Gasteiger partial charge in [0, 0.05) is 22.6 Å². The van der Waals surface area contributed by atoms with Crippen molar-refractivity contribution in [3.8, 4) is 0 Å². The molecule has 6 heteroatoms. The number of hydrogen-bond donors (Lipinski definition) is 3. The Hall–Kier alpha value is -2.34. The Bertz CT molecular complexity index is 777. The molecule has 2 rings (SSSR count). The Kier molecular flexibility index (Phi) is 7.21. The number of anilines is 1. The second-order valence-electron chi connectivity index (χ2n) is 6.45. The lowest BCUT2D eigenvalue weighted by Crippen LogP contribution is -2.36. The van der Waals surface area contributed by atoms with E-state index in [4.69, 9.17) is 0 Å². The van der Waals surface area contributed by atoms with E-state index in [2.05, 4.69) is 31.9 Å². The van der Waals surface area contributed by atoms with Crippen LogP contribution in [0.25, 0.3) is 0 Å². The molecule has 0 aliphatic heterocycles. The van der Waals surface area contributed by atoms with Gasteiger partial charge in [0.05, 0.1) is 6.04 Å². The summed E-state index contributed by atoms with van der Waals surface area (Å²) in [5.74, 6) is -0.113. The second-order valence-corrected chi connectivity index (χ2v) is 7.36. The zero-order chi connectivity index (χ0) is 19.1. The van der Waals surface area contributed by atoms with E-state index in [-0.39, 0.29) is 23.9 Å². The van der Waals surface area contributed by atoms with Gasteiger partial charge in [-0.25, -0.2) is 4.79 Å². The number of hydrogen-bond acceptors (Lipinski definition) is 2. The Morgan fingerprint density at radius 3 is 2.46 bits per heavy atom. The summed E-state index contributed by atoms with van der Waals surface area (Å²) in [6.45, 7) is 6.00. The van der Waals surface area contributed by atoms with E-state index >= 15 is 0 Å². The van der Waals surface area contributed by atoms with Gasteiger partial charge in [0.1, 0.15) is 0 Å². The SMILES string of the molecule is CC(C)C(=O)Nc1cccc(CNC(=O)N[C@@H](C)c2cccc(Br)c2)c1. The highest BCUT2D eigenvalue weighted by Crippen LogP contribution is 2.17. The van der Waals surface area contributed by atoms with Crippen LogP contribution in [0.15, 0.2) is 53.0 Å². The van der Waals surface area contributed by atoms with Crippen molar-refractivity contribution in [3.05, 3.63) is 64.1 Å². The van der Waals surface area contributed by atoms with Crippen LogP contribution in [0, 0.1) is 5.92 Å². The van der Waals surface area contributed by atoms with Crippen LogP contribution >= 0.6 is 15.9 Å². The molecule has 0 spiro atoms. The third kappa shape index (κ3) is 6.19. The van der Waals surface area contributed by atoms with Gasteiger partial charge in [0.25, 0.3) is 0 Å². The summed E-state index contributed by atoms with van der Waals surface area (Å²) in [6, 6.07) is 14.9. The fourth-order valence-corrected chi connectivity index (χ4v) is 2.75. The van der Waals surface area contributed by atoms with E-state index < -0.39 is 0 Å². The number of nitrogens with one attached hydrogen (secondary N) is 3. The zero-order valence-corrected chi connectivity index (χ0v) is 16.8. The van der Waals surface area contributed by atoms with Crippen molar-refractivity contribution in [1.82, 2.24) is 10.6 Å². The van der Waals surface area contributed by atoms with Crippen molar-refractivity contribution in [1.29, 1.82) is 0 Å². The molecule has 138 valence electrons. The summed E-state index contributed by atoms with van der Waals surface area (Å²) < 4.78 is 0.976. The van der Waals surface area contributed by atoms with E-state index in [1.54, 1.807) is 0 Å². The maximum absolute atomic E-state index is 12.1. The molecular formula is C20H24BrN3O2. The smallest absolute Gasteiger partial charge is 0.315 e. The third-order valence-corrected chi connectivity index (χ3v) is 4.36. The van der Waals surface area contributed by atoms with Gasteiger partial charge >= 0.3 is 6.03 Å². The number of carbonyl (C=O) groups is 2. The van der Waals surface area contributed by atoms with Crippen molar-refractivity contribution < 1.29 is 9.59 Å². The quantitative estimate of drug-likeness (QED) is 0.642. The molecule has 0 radical (unpaired) electrons. The summed E-state index contributed by atoms with van der Waals surface area (Å²) >= 11 is 3.43. The number of amides is 3. The van der Waals surface area contributed by atoms with Gasteiger partial charge in [0.2, 0.25) is 5.91 Å². The number of benzene rings is 2. The summed E-state index contributed by atoms with van der Waals surface area (Å²) in [7, 11) is 0. The highest BCUT2D eigenvalue weighted by molar-refractivity contribution is 9.10. The van der Waals surface area contributed by atoms with Crippen molar-refractivity contribution in [2.24, 2.45) is 5.92 Å². The molecule has 0 heterocycles. The molecule has 0 saturated carbocycles. The number of urea groups is 1. The van der Waals surface area contributed by atoms with Crippen molar-refractivity contribution >= 4 is 33.6 Å². The first-order chi connectivity index (χ1) is 12.3. The maximum Gasteiger partial charge on any atom is 0.315 e. The number of halogens is 1. The molecule has 26 heavy (non-hydrogen) atoms. The van der Waals surface area contributed by atoms with Crippen LogP contribution in [-0.2, 0) is 11.3 Å². The normalized spacial score (nSPS) is 11.7. The fraction of sp³-hybridized carbons (Fsp3) is 0.300. The van der Waals surface area contributed by atoms with Crippen molar-refractivity contribution in [2.75, 3.05) is 5.32 Å². The zero-order valence-electron chi connectivity index (χ0n) is 15.2. The van der Waals surface area contributed by atoms with E-state index in [0.717, 1.165) is 21.3 Å². The molecule has 0 saturated heterocycles. The molecule has 0 unspecified atom stereocenters. The lowest BCUT2D eigenvalue weighted by atomic mass is 10.1. The molecule has 1 atom stereocenters. The van der Waals surface area contributed by atoms with E-state index in [0.29, 0.717) is 6.54 Å². The number of rotatable bonds is 6. The molecule has 0 aromatic heterocycles. The van der Waals surface area contributed by atoms with Gasteiger partial charge in [-0.1, -0.05) is 54.0 Å². The summed E-state index contributed by atoms with van der Waals surface area (Å²) in [5.41, 5.74) is 2.66. The molecule has 3 amide bonds. The first-order valence-corrected chi connectivity index (χ1v) is 9.34. The highest BCUT2D eigenvalue weighted by atomic mass is 79.9. The van der Waals surface area contributed by atoms with Gasteiger partial charge in [-0.05, 0) is 42.3 Å². The minimum Gasteiger partial charge on any atom is -0.334 e. The topological polar surface area (TPSA) is 70.2 Å². The van der Waals surface area contributed by atoms with E-state index in [9.17, 15) is 9.59 Å². The van der Waals surface area contributed by atoms with Crippen LogP contribution < -0.4 is 16.0 Å². The Morgan fingerprint density at radius 2 is 1.77 bits per heavy atom. The lowest BCUT2D eigenvalue weighted by molar-refractivity contribution is -0.118. The van der Waals surface area contributed by atoms with Crippen molar-refractivity contribution in [3.63, 3.8) is 0 Å². The minimum absolute atomic E-state index is 0.0318. The summed E-state index contributed by atoms with van der Waals surface area (Å²) in [5, 5.41) is 8.61. The molecule has 3 N–H and O–H groups in total. The van der Waals surface area contributed by atoms with Gasteiger partial charge < -0.3 is 16.0 Å². The van der Waals surface area contributed by atoms with Crippen LogP contribution in [0.2, 0.25) is 0 Å². The van der Waals surface area contributed by atoms with E-state index in [1.165, 1.54) is 0 Å². The Balaban J connectivity index is 1.88. The fourth-order valence-electron chi connectivity index (χ4n) is 2.33. The molecule has 0 aliphatic rings. The van der Waals surface area contributed by atoms with Crippen LogP contribution in [0.3, 0.4) is 0 Å². The largest absolute Gasteiger partial charge is 0.334 e. The van der Waals surface area contributed by atoms with E-state index in [1.807, 2.05) is 69.3 Å². The first-order valence-electron chi connectivity index (χ1n) is 8.55. The third-order valence-electron chi connectivity index (χ3n) is 3.87. The van der Waals surface area contributed by atoms with Crippen molar-refractivity contribution in [2.45, 2.75) is 33.4 Å². The Morgan fingerprint density at radius 1 is 1.04 bits per heavy atom. The molecule has 0 aliphatic carbocycles. The van der Waals surface area contributed by atoms with Gasteiger partial charge in [0.15, 0.2) is 0 Å². The Labute approximate surface area is 162 Å². The minimum atomic E-state index is -0.242. The van der Waals surface area contributed by atoms with Gasteiger partial charge in [-0.15, -0.1) is 0 Å². The first kappa shape index (κ1) is 20.0. The summed E-state index contributed by atoms with van der Waals surface area (Å²) in [6.07, 6.45) is 0. The molecular weight excluding hydrogens is 394 g/mol. The van der Waals surface area contributed by atoms with Crippen LogP contribution in [0.5, 0.6) is 0 Å². The van der Waals surface area contributed by atoms with Crippen LogP contribution in [0.4, 0.5) is 10.5 Å². The molecule has 2 aromatic carbocycles. The average Bonchev–Trinajstić information content (AvgIpc) is 2.60. The predicted octanol–water partition coefficient (Wildman–Crippen LogP) is 4.60. The maximum atomic E-state index is 12.1. The molecule has 0 bridgehead atoms. The molecule has 5 nitrogen and oxygen atoms in total. The van der Waals surface area contributed by atoms with Gasteiger partial charge in [-0.3, -0.25) is 4.79 Å². The molecule has 0 fully saturated rings. The standard InChI is InChI=1S/C20H24BrN3O2/c1-13(2)19(25)24-18-9-4-6-15(10-18)12-22-20(26)23-14(3)16-7-5-8-17(21)11-16/h4-11,13-14H,12H2,1-3H3,(H,24,25)(H2,22,23,26)/t14-/m0/s1. The molecule has 2 aromatic rings. The predicted molar refractivity (Wildman–Crippen MR) is 108 cm³/mol. The second kappa shape index (κ2) is 9.38. The van der Waals surface area contributed by atoms with Crippen LogP contribution in [0.1, 0.15) is 37.9 Å². The number of carbonyl (C=O) groups excluding carboxylic acids is 2. The summed E-state index contributed by atoms with van der Waals surface area (Å²) in [4.78, 5) is 23.9. The average molecular weight is 418 g/mol. The highest BCUT2D eigenvalue weighted by Gasteiger charge is 2.10.